The highest BCUT2D eigenvalue weighted by Gasteiger charge is 2.17. The molecule has 0 saturated carbocycles. The standard InChI is InChI=1S/C18H16N2O2/c21-18(17-8-11-22-14-17)20(12-15-4-2-1-3-5-15)13-16-6-9-19-10-7-16/h1-11,14H,12-13H2. The van der Waals surface area contributed by atoms with Crippen LogP contribution in [0.15, 0.2) is 77.9 Å². The zero-order valence-electron chi connectivity index (χ0n) is 12.1. The van der Waals surface area contributed by atoms with Crippen molar-refractivity contribution in [1.82, 2.24) is 9.88 Å². The van der Waals surface area contributed by atoms with Gasteiger partial charge in [-0.3, -0.25) is 9.78 Å². The van der Waals surface area contributed by atoms with Crippen LogP contribution in [0.4, 0.5) is 0 Å². The maximum absolute atomic E-state index is 12.7. The van der Waals surface area contributed by atoms with Gasteiger partial charge in [0.2, 0.25) is 0 Å². The van der Waals surface area contributed by atoms with Gasteiger partial charge in [-0.25, -0.2) is 0 Å². The van der Waals surface area contributed by atoms with Gasteiger partial charge in [0.25, 0.3) is 5.91 Å². The molecule has 0 aliphatic carbocycles. The van der Waals surface area contributed by atoms with Gasteiger partial charge in [0, 0.05) is 25.5 Å². The third-order valence-electron chi connectivity index (χ3n) is 3.39. The van der Waals surface area contributed by atoms with Crippen molar-refractivity contribution in [2.24, 2.45) is 0 Å². The number of carbonyl (C=O) groups excluding carboxylic acids is 1. The van der Waals surface area contributed by atoms with Gasteiger partial charge in [-0.1, -0.05) is 30.3 Å². The van der Waals surface area contributed by atoms with Crippen molar-refractivity contribution >= 4 is 5.91 Å². The Morgan fingerprint density at radius 3 is 2.27 bits per heavy atom. The molecule has 2 heterocycles. The van der Waals surface area contributed by atoms with Gasteiger partial charge in [-0.05, 0) is 29.3 Å². The summed E-state index contributed by atoms with van der Waals surface area (Å²) in [4.78, 5) is 18.5. The van der Waals surface area contributed by atoms with Crippen molar-refractivity contribution in [1.29, 1.82) is 0 Å². The fourth-order valence-electron chi connectivity index (χ4n) is 2.28. The number of hydrogen-bond acceptors (Lipinski definition) is 3. The molecule has 0 N–H and O–H groups in total. The molecule has 0 radical (unpaired) electrons. The number of rotatable bonds is 5. The second-order valence-corrected chi connectivity index (χ2v) is 5.01. The van der Waals surface area contributed by atoms with E-state index in [0.29, 0.717) is 18.7 Å². The summed E-state index contributed by atoms with van der Waals surface area (Å²) in [5.74, 6) is -0.0468. The van der Waals surface area contributed by atoms with Crippen molar-refractivity contribution in [3.8, 4) is 0 Å². The molecule has 0 aliphatic rings. The number of carbonyl (C=O) groups is 1. The zero-order valence-corrected chi connectivity index (χ0v) is 12.1. The van der Waals surface area contributed by atoms with Gasteiger partial charge in [-0.15, -0.1) is 0 Å². The summed E-state index contributed by atoms with van der Waals surface area (Å²) in [5.41, 5.74) is 2.70. The van der Waals surface area contributed by atoms with E-state index in [4.69, 9.17) is 4.42 Å². The van der Waals surface area contributed by atoms with Gasteiger partial charge >= 0.3 is 0 Å². The molecule has 1 aromatic carbocycles. The van der Waals surface area contributed by atoms with E-state index in [1.807, 2.05) is 42.5 Å². The Hall–Kier alpha value is -2.88. The Morgan fingerprint density at radius 2 is 1.64 bits per heavy atom. The van der Waals surface area contributed by atoms with Crippen molar-refractivity contribution in [2.45, 2.75) is 13.1 Å². The molecule has 2 aromatic heterocycles. The number of benzene rings is 1. The molecule has 1 amide bonds. The topological polar surface area (TPSA) is 46.3 Å². The Labute approximate surface area is 129 Å². The number of aromatic nitrogens is 1. The highest BCUT2D eigenvalue weighted by molar-refractivity contribution is 5.93. The highest BCUT2D eigenvalue weighted by Crippen LogP contribution is 2.14. The van der Waals surface area contributed by atoms with Crippen LogP contribution >= 0.6 is 0 Å². The molecule has 0 saturated heterocycles. The van der Waals surface area contributed by atoms with E-state index >= 15 is 0 Å². The summed E-state index contributed by atoms with van der Waals surface area (Å²) in [6, 6.07) is 15.5. The monoisotopic (exact) mass is 292 g/mol. The van der Waals surface area contributed by atoms with Gasteiger partial charge < -0.3 is 9.32 Å². The lowest BCUT2D eigenvalue weighted by Crippen LogP contribution is -2.29. The van der Waals surface area contributed by atoms with Gasteiger partial charge in [-0.2, -0.15) is 0 Å². The van der Waals surface area contributed by atoms with Crippen LogP contribution in [0, 0.1) is 0 Å². The Bertz CT molecular complexity index is 668. The minimum absolute atomic E-state index is 0.0468. The SMILES string of the molecule is O=C(c1ccoc1)N(Cc1ccccc1)Cc1ccncc1. The van der Waals surface area contributed by atoms with Crippen LogP contribution in [-0.2, 0) is 13.1 Å². The average molecular weight is 292 g/mol. The van der Waals surface area contributed by atoms with Crippen molar-refractivity contribution in [3.05, 3.63) is 90.1 Å². The van der Waals surface area contributed by atoms with Crippen molar-refractivity contribution in [3.63, 3.8) is 0 Å². The van der Waals surface area contributed by atoms with Crippen LogP contribution in [0.25, 0.3) is 0 Å². The first-order chi connectivity index (χ1) is 10.8. The number of nitrogens with zero attached hydrogens (tertiary/aromatic N) is 2. The first-order valence-corrected chi connectivity index (χ1v) is 7.07. The molecular weight excluding hydrogens is 276 g/mol. The summed E-state index contributed by atoms with van der Waals surface area (Å²) in [6.07, 6.45) is 6.46. The Morgan fingerprint density at radius 1 is 0.955 bits per heavy atom. The molecule has 4 nitrogen and oxygen atoms in total. The van der Waals surface area contributed by atoms with Gasteiger partial charge in [0.15, 0.2) is 0 Å². The zero-order chi connectivity index (χ0) is 15.2. The molecule has 110 valence electrons. The fourth-order valence-corrected chi connectivity index (χ4v) is 2.28. The summed E-state index contributed by atoms with van der Waals surface area (Å²) < 4.78 is 5.03. The first kappa shape index (κ1) is 14.1. The molecule has 22 heavy (non-hydrogen) atoms. The summed E-state index contributed by atoms with van der Waals surface area (Å²) in [6.45, 7) is 1.08. The lowest BCUT2D eigenvalue weighted by Gasteiger charge is -2.22. The van der Waals surface area contributed by atoms with Crippen LogP contribution in [0.3, 0.4) is 0 Å². The van der Waals surface area contributed by atoms with Crippen LogP contribution in [0.1, 0.15) is 21.5 Å². The summed E-state index contributed by atoms with van der Waals surface area (Å²) >= 11 is 0. The van der Waals surface area contributed by atoms with E-state index < -0.39 is 0 Å². The maximum atomic E-state index is 12.7. The second-order valence-electron chi connectivity index (χ2n) is 5.01. The van der Waals surface area contributed by atoms with E-state index in [1.165, 1.54) is 12.5 Å². The number of hydrogen-bond donors (Lipinski definition) is 0. The lowest BCUT2D eigenvalue weighted by atomic mass is 10.1. The van der Waals surface area contributed by atoms with Crippen LogP contribution < -0.4 is 0 Å². The highest BCUT2D eigenvalue weighted by atomic mass is 16.3. The van der Waals surface area contributed by atoms with E-state index in [-0.39, 0.29) is 5.91 Å². The number of amides is 1. The Kier molecular flexibility index (Phi) is 4.30. The van der Waals surface area contributed by atoms with Gasteiger partial charge in [0.1, 0.15) is 6.26 Å². The van der Waals surface area contributed by atoms with Crippen LogP contribution in [0.5, 0.6) is 0 Å². The van der Waals surface area contributed by atoms with Crippen LogP contribution in [-0.4, -0.2) is 15.8 Å². The minimum Gasteiger partial charge on any atom is -0.472 e. The molecule has 0 fully saturated rings. The molecule has 3 aromatic rings. The smallest absolute Gasteiger partial charge is 0.257 e. The number of furan rings is 1. The first-order valence-electron chi connectivity index (χ1n) is 7.07. The average Bonchev–Trinajstić information content (AvgIpc) is 3.10. The summed E-state index contributed by atoms with van der Waals surface area (Å²) in [7, 11) is 0. The second kappa shape index (κ2) is 6.72. The van der Waals surface area contributed by atoms with Crippen LogP contribution in [0.2, 0.25) is 0 Å². The predicted molar refractivity (Wildman–Crippen MR) is 83.0 cm³/mol. The number of pyridine rings is 1. The molecule has 0 bridgehead atoms. The largest absolute Gasteiger partial charge is 0.472 e. The van der Waals surface area contributed by atoms with E-state index in [1.54, 1.807) is 23.4 Å². The molecule has 3 rings (SSSR count). The normalized spacial score (nSPS) is 10.4. The summed E-state index contributed by atoms with van der Waals surface area (Å²) in [5, 5.41) is 0. The quantitative estimate of drug-likeness (QED) is 0.723. The van der Waals surface area contributed by atoms with Crippen molar-refractivity contribution < 1.29 is 9.21 Å². The van der Waals surface area contributed by atoms with E-state index in [2.05, 4.69) is 4.98 Å². The molecule has 4 heteroatoms. The molecule has 0 aliphatic heterocycles. The lowest BCUT2D eigenvalue weighted by molar-refractivity contribution is 0.0729. The molecule has 0 spiro atoms. The molecule has 0 unspecified atom stereocenters. The van der Waals surface area contributed by atoms with E-state index in [0.717, 1.165) is 11.1 Å². The third kappa shape index (κ3) is 3.41. The maximum Gasteiger partial charge on any atom is 0.257 e. The Balaban J connectivity index is 1.83. The van der Waals surface area contributed by atoms with Gasteiger partial charge in [0.05, 0.1) is 11.8 Å². The fraction of sp³-hybridized carbons (Fsp3) is 0.111. The minimum atomic E-state index is -0.0468. The predicted octanol–water partition coefficient (Wildman–Crippen LogP) is 3.52. The molecular formula is C18H16N2O2. The molecule has 0 atom stereocenters. The van der Waals surface area contributed by atoms with E-state index in [9.17, 15) is 4.79 Å². The van der Waals surface area contributed by atoms with Crippen molar-refractivity contribution in [2.75, 3.05) is 0 Å². The third-order valence-corrected chi connectivity index (χ3v) is 3.39.